The lowest BCUT2D eigenvalue weighted by molar-refractivity contribution is -0.118. The second-order valence-corrected chi connectivity index (χ2v) is 9.64. The number of benzene rings is 3. The molecule has 2 N–H and O–H groups in total. The van der Waals surface area contributed by atoms with Gasteiger partial charge in [0, 0.05) is 29.2 Å². The number of amides is 1. The third-order valence-electron chi connectivity index (χ3n) is 6.17. The molecular weight excluding hydrogens is 482 g/mol. The molecule has 0 saturated carbocycles. The Kier molecular flexibility index (Phi) is 8.84. The van der Waals surface area contributed by atoms with E-state index < -0.39 is 0 Å². The van der Waals surface area contributed by atoms with Crippen LogP contribution in [0.1, 0.15) is 36.0 Å². The standard InChI is InChI=1S/C31H31NO4S/c1-4-6-24(18-31(32)33)23-10-12-25(13-11-23)36-19-22-9-14-30-27(17-22)28(20-37-30)26-7-5-8-29(21(26)2)35-16-15-34-3/h5,7-14,17,20,24H,15-16,18-19H2,1-3H3,(H2,32,33)/t24-/m0/s1. The summed E-state index contributed by atoms with van der Waals surface area (Å²) < 4.78 is 18.3. The van der Waals surface area contributed by atoms with Crippen LogP contribution in [0.4, 0.5) is 0 Å². The van der Waals surface area contributed by atoms with Crippen molar-refractivity contribution >= 4 is 27.3 Å². The molecule has 1 amide bonds. The molecule has 0 fully saturated rings. The van der Waals surface area contributed by atoms with Gasteiger partial charge in [0.25, 0.3) is 0 Å². The number of primary amides is 1. The molecule has 0 radical (unpaired) electrons. The van der Waals surface area contributed by atoms with Crippen LogP contribution in [0, 0.1) is 18.8 Å². The van der Waals surface area contributed by atoms with Crippen LogP contribution in [0.2, 0.25) is 0 Å². The summed E-state index contributed by atoms with van der Waals surface area (Å²) in [5.74, 6) is 7.00. The van der Waals surface area contributed by atoms with Gasteiger partial charge in [0.15, 0.2) is 0 Å². The van der Waals surface area contributed by atoms with Gasteiger partial charge in [-0.3, -0.25) is 4.79 Å². The Balaban J connectivity index is 1.51. The van der Waals surface area contributed by atoms with E-state index in [1.807, 2.05) is 36.4 Å². The zero-order valence-electron chi connectivity index (χ0n) is 21.4. The Morgan fingerprint density at radius 1 is 1.03 bits per heavy atom. The van der Waals surface area contributed by atoms with Crippen molar-refractivity contribution in [1.82, 2.24) is 0 Å². The second kappa shape index (κ2) is 12.4. The molecule has 1 aromatic heterocycles. The van der Waals surface area contributed by atoms with Gasteiger partial charge in [0.1, 0.15) is 24.7 Å². The average Bonchev–Trinajstić information content (AvgIpc) is 3.31. The SMILES string of the molecule is CC#C[C@@H](CC(N)=O)c1ccc(OCc2ccc3scc(-c4cccc(OCCOC)c4C)c3c2)cc1. The highest BCUT2D eigenvalue weighted by Gasteiger charge is 2.14. The number of thiophene rings is 1. The van der Waals surface area contributed by atoms with Crippen LogP contribution in [-0.4, -0.2) is 26.2 Å². The number of nitrogens with two attached hydrogens (primary N) is 1. The average molecular weight is 514 g/mol. The van der Waals surface area contributed by atoms with Gasteiger partial charge < -0.3 is 19.9 Å². The Morgan fingerprint density at radius 3 is 2.57 bits per heavy atom. The molecule has 0 aliphatic heterocycles. The molecule has 4 rings (SSSR count). The monoisotopic (exact) mass is 513 g/mol. The van der Waals surface area contributed by atoms with Crippen LogP contribution in [0.15, 0.2) is 66.0 Å². The number of methoxy groups -OCH3 is 1. The van der Waals surface area contributed by atoms with Crippen molar-refractivity contribution in [3.8, 4) is 34.5 Å². The van der Waals surface area contributed by atoms with Gasteiger partial charge in [0.05, 0.1) is 12.5 Å². The second-order valence-electron chi connectivity index (χ2n) is 8.72. The van der Waals surface area contributed by atoms with Crippen LogP contribution in [-0.2, 0) is 16.1 Å². The first-order valence-electron chi connectivity index (χ1n) is 12.1. The number of hydrogen-bond acceptors (Lipinski definition) is 5. The summed E-state index contributed by atoms with van der Waals surface area (Å²) in [6, 6.07) is 20.3. The number of carbonyl (C=O) groups is 1. The van der Waals surface area contributed by atoms with E-state index in [1.54, 1.807) is 25.4 Å². The number of fused-ring (bicyclic) bond motifs is 1. The molecule has 190 valence electrons. The first kappa shape index (κ1) is 26.3. The quantitative estimate of drug-likeness (QED) is 0.184. The lowest BCUT2D eigenvalue weighted by atomic mass is 9.96. The fourth-order valence-corrected chi connectivity index (χ4v) is 5.20. The highest BCUT2D eigenvalue weighted by atomic mass is 32.1. The maximum absolute atomic E-state index is 11.4. The van der Waals surface area contributed by atoms with Gasteiger partial charge in [0.2, 0.25) is 5.91 Å². The van der Waals surface area contributed by atoms with E-state index >= 15 is 0 Å². The maximum Gasteiger partial charge on any atom is 0.219 e. The highest BCUT2D eigenvalue weighted by Crippen LogP contribution is 2.38. The summed E-state index contributed by atoms with van der Waals surface area (Å²) in [5, 5.41) is 3.41. The fraction of sp³-hybridized carbons (Fsp3) is 0.258. The van der Waals surface area contributed by atoms with Crippen LogP contribution in [0.3, 0.4) is 0 Å². The topological polar surface area (TPSA) is 70.8 Å². The largest absolute Gasteiger partial charge is 0.491 e. The van der Waals surface area contributed by atoms with Crippen LogP contribution in [0.25, 0.3) is 21.2 Å². The van der Waals surface area contributed by atoms with Crippen molar-refractivity contribution in [1.29, 1.82) is 0 Å². The predicted octanol–water partition coefficient (Wildman–Crippen LogP) is 6.46. The smallest absolute Gasteiger partial charge is 0.219 e. The molecule has 0 bridgehead atoms. The minimum absolute atomic E-state index is 0.200. The molecule has 4 aromatic rings. The number of ether oxygens (including phenoxy) is 3. The van der Waals surface area contributed by atoms with Crippen molar-refractivity contribution < 1.29 is 19.0 Å². The van der Waals surface area contributed by atoms with E-state index in [9.17, 15) is 4.79 Å². The first-order valence-corrected chi connectivity index (χ1v) is 13.0. The number of carbonyl (C=O) groups excluding carboxylic acids is 1. The van der Waals surface area contributed by atoms with Crippen molar-refractivity contribution in [2.24, 2.45) is 5.73 Å². The molecule has 0 aliphatic carbocycles. The van der Waals surface area contributed by atoms with E-state index in [2.05, 4.69) is 48.4 Å². The maximum atomic E-state index is 11.4. The van der Waals surface area contributed by atoms with Crippen molar-refractivity contribution in [2.45, 2.75) is 32.8 Å². The Morgan fingerprint density at radius 2 is 1.84 bits per heavy atom. The zero-order chi connectivity index (χ0) is 26.2. The van der Waals surface area contributed by atoms with E-state index in [1.165, 1.54) is 15.6 Å². The van der Waals surface area contributed by atoms with Gasteiger partial charge in [-0.15, -0.1) is 17.3 Å². The van der Waals surface area contributed by atoms with Gasteiger partial charge in [-0.2, -0.15) is 0 Å². The molecule has 5 nitrogen and oxygen atoms in total. The lowest BCUT2D eigenvalue weighted by Gasteiger charge is -2.13. The fourth-order valence-electron chi connectivity index (χ4n) is 4.26. The molecule has 6 heteroatoms. The molecule has 0 spiro atoms. The Labute approximate surface area is 222 Å². The first-order chi connectivity index (χ1) is 18.0. The van der Waals surface area contributed by atoms with E-state index in [4.69, 9.17) is 19.9 Å². The van der Waals surface area contributed by atoms with Crippen LogP contribution < -0.4 is 15.2 Å². The molecule has 37 heavy (non-hydrogen) atoms. The van der Waals surface area contributed by atoms with Crippen molar-refractivity contribution in [3.63, 3.8) is 0 Å². The molecule has 1 heterocycles. The molecule has 0 unspecified atom stereocenters. The summed E-state index contributed by atoms with van der Waals surface area (Å²) in [6.45, 7) is 5.38. The zero-order valence-corrected chi connectivity index (χ0v) is 22.2. The summed E-state index contributed by atoms with van der Waals surface area (Å²) in [5.41, 5.74) is 10.9. The molecule has 1 atom stereocenters. The van der Waals surface area contributed by atoms with Gasteiger partial charge in [-0.25, -0.2) is 0 Å². The van der Waals surface area contributed by atoms with Gasteiger partial charge in [-0.1, -0.05) is 36.3 Å². The number of rotatable bonds is 11. The van der Waals surface area contributed by atoms with E-state index in [-0.39, 0.29) is 18.2 Å². The minimum Gasteiger partial charge on any atom is -0.491 e. The third kappa shape index (κ3) is 6.51. The summed E-state index contributed by atoms with van der Waals surface area (Å²) in [4.78, 5) is 11.4. The highest BCUT2D eigenvalue weighted by molar-refractivity contribution is 7.17. The van der Waals surface area contributed by atoms with Gasteiger partial charge in [-0.05, 0) is 71.8 Å². The third-order valence-corrected chi connectivity index (χ3v) is 7.13. The summed E-state index contributed by atoms with van der Waals surface area (Å²) in [6.07, 6.45) is 0.200. The van der Waals surface area contributed by atoms with Crippen molar-refractivity contribution in [3.05, 3.63) is 82.7 Å². The molecular formula is C31H31NO4S. The Hall–Kier alpha value is -3.79. The summed E-state index contributed by atoms with van der Waals surface area (Å²) >= 11 is 1.73. The Bertz CT molecular complexity index is 1430. The van der Waals surface area contributed by atoms with Crippen molar-refractivity contribution in [2.75, 3.05) is 20.3 Å². The molecule has 0 aliphatic rings. The van der Waals surface area contributed by atoms with Crippen LogP contribution in [0.5, 0.6) is 11.5 Å². The molecule has 0 saturated heterocycles. The normalized spacial score (nSPS) is 11.5. The number of hydrogen-bond donors (Lipinski definition) is 1. The van der Waals surface area contributed by atoms with E-state index in [0.29, 0.717) is 19.8 Å². The van der Waals surface area contributed by atoms with E-state index in [0.717, 1.165) is 33.8 Å². The molecule has 3 aromatic carbocycles. The lowest BCUT2D eigenvalue weighted by Crippen LogP contribution is -2.14. The summed E-state index contributed by atoms with van der Waals surface area (Å²) in [7, 11) is 1.67. The minimum atomic E-state index is -0.364. The van der Waals surface area contributed by atoms with Gasteiger partial charge >= 0.3 is 0 Å². The predicted molar refractivity (Wildman–Crippen MR) is 150 cm³/mol. The van der Waals surface area contributed by atoms with Crippen LogP contribution >= 0.6 is 11.3 Å².